The van der Waals surface area contributed by atoms with E-state index in [1.807, 2.05) is 0 Å². The smallest absolute Gasteiger partial charge is 0.332 e. The van der Waals surface area contributed by atoms with Gasteiger partial charge in [-0.1, -0.05) is 130 Å². The van der Waals surface area contributed by atoms with Gasteiger partial charge in [-0.3, -0.25) is 4.79 Å². The number of carbonyl (C=O) groups excluding carboxylic acids is 3. The van der Waals surface area contributed by atoms with Crippen LogP contribution < -0.4 is 0 Å². The lowest BCUT2D eigenvalue weighted by Gasteiger charge is -2.20. The third-order valence-corrected chi connectivity index (χ3v) is 11.7. The molecule has 1 heterocycles. The maximum Gasteiger partial charge on any atom is 0.332 e. The second-order valence-corrected chi connectivity index (χ2v) is 17.1. The maximum absolute atomic E-state index is 12.3. The molecular formula is C49H93NO11. The van der Waals surface area contributed by atoms with Crippen molar-refractivity contribution in [2.24, 2.45) is 17.8 Å². The van der Waals surface area contributed by atoms with Gasteiger partial charge in [-0.25, -0.2) is 14.4 Å². The molecule has 0 spiro atoms. The van der Waals surface area contributed by atoms with E-state index in [2.05, 4.69) is 32.6 Å². The van der Waals surface area contributed by atoms with E-state index in [0.29, 0.717) is 57.4 Å². The highest BCUT2D eigenvalue weighted by molar-refractivity contribution is 5.73. The average Bonchev–Trinajstić information content (AvgIpc) is 3.77. The zero-order chi connectivity index (χ0) is 44.9. The highest BCUT2D eigenvalue weighted by Gasteiger charge is 2.16. The number of carbonyl (C=O) groups is 4. The molecule has 360 valence electrons. The Hall–Kier alpha value is -2.28. The number of carboxylic acid groups (broad SMARTS) is 1. The van der Waals surface area contributed by atoms with Gasteiger partial charge in [0.1, 0.15) is 19.8 Å². The van der Waals surface area contributed by atoms with Crippen LogP contribution in [0.5, 0.6) is 0 Å². The Balaban J connectivity index is 0.0000116. The lowest BCUT2D eigenvalue weighted by molar-refractivity contribution is -0.156. The fourth-order valence-corrected chi connectivity index (χ4v) is 8.07. The van der Waals surface area contributed by atoms with Gasteiger partial charge in [-0.05, 0) is 102 Å². The third kappa shape index (κ3) is 40.3. The average molecular weight is 872 g/mol. The first kappa shape index (κ1) is 58.7. The van der Waals surface area contributed by atoms with Crippen LogP contribution in [0.15, 0.2) is 0 Å². The Morgan fingerprint density at radius 1 is 0.459 bits per heavy atom. The van der Waals surface area contributed by atoms with Gasteiger partial charge >= 0.3 is 17.9 Å². The lowest BCUT2D eigenvalue weighted by atomic mass is 9.92. The molecule has 0 aromatic carbocycles. The van der Waals surface area contributed by atoms with E-state index in [9.17, 15) is 14.4 Å². The molecule has 0 amide bonds. The second-order valence-electron chi connectivity index (χ2n) is 17.1. The van der Waals surface area contributed by atoms with E-state index < -0.39 is 11.9 Å². The van der Waals surface area contributed by atoms with Crippen LogP contribution in [-0.2, 0) is 47.6 Å². The van der Waals surface area contributed by atoms with E-state index in [-0.39, 0.29) is 32.3 Å². The molecule has 1 aliphatic rings. The Morgan fingerprint density at radius 3 is 1.28 bits per heavy atom. The van der Waals surface area contributed by atoms with Crippen molar-refractivity contribution in [1.29, 1.82) is 0 Å². The lowest BCUT2D eigenvalue weighted by Crippen LogP contribution is -2.21. The molecule has 1 N–H and O–H groups in total. The summed E-state index contributed by atoms with van der Waals surface area (Å²) in [5.41, 5.74) is 0. The number of hydrogen-bond acceptors (Lipinski definition) is 11. The van der Waals surface area contributed by atoms with Gasteiger partial charge < -0.3 is 38.4 Å². The summed E-state index contributed by atoms with van der Waals surface area (Å²) in [6.07, 6.45) is 30.4. The molecule has 0 aromatic rings. The first-order valence-electron chi connectivity index (χ1n) is 24.8. The minimum atomic E-state index is -0.446. The van der Waals surface area contributed by atoms with E-state index in [1.165, 1.54) is 135 Å². The fourth-order valence-electron chi connectivity index (χ4n) is 8.07. The molecule has 0 radical (unpaired) electrons. The minimum absolute atomic E-state index is 0.0268. The van der Waals surface area contributed by atoms with Gasteiger partial charge in [0.05, 0.1) is 33.0 Å². The summed E-state index contributed by atoms with van der Waals surface area (Å²) in [5, 5.41) is 6.89. The quantitative estimate of drug-likeness (QED) is 0.0269. The van der Waals surface area contributed by atoms with E-state index >= 15 is 0 Å². The first-order valence-corrected chi connectivity index (χ1v) is 24.8. The van der Waals surface area contributed by atoms with Gasteiger partial charge in [0.15, 0.2) is 0 Å². The van der Waals surface area contributed by atoms with E-state index in [0.717, 1.165) is 51.5 Å². The summed E-state index contributed by atoms with van der Waals surface area (Å²) in [6.45, 7) is 14.5. The normalized spacial score (nSPS) is 13.3. The summed E-state index contributed by atoms with van der Waals surface area (Å²) >= 11 is 0. The number of unbranched alkanes of at least 4 members (excludes halogenated alkanes) is 8. The van der Waals surface area contributed by atoms with Gasteiger partial charge in [0.2, 0.25) is 0 Å². The molecule has 0 aromatic heterocycles. The van der Waals surface area contributed by atoms with Crippen LogP contribution in [0.25, 0.3) is 0 Å². The Morgan fingerprint density at radius 2 is 0.820 bits per heavy atom. The molecule has 1 fully saturated rings. The highest BCUT2D eigenvalue weighted by Crippen LogP contribution is 2.23. The molecule has 0 aliphatic carbocycles. The Labute approximate surface area is 372 Å². The third-order valence-electron chi connectivity index (χ3n) is 11.7. The first-order chi connectivity index (χ1) is 29.8. The summed E-state index contributed by atoms with van der Waals surface area (Å²) in [4.78, 5) is 47.6. The molecule has 0 bridgehead atoms. The summed E-state index contributed by atoms with van der Waals surface area (Å²) in [7, 11) is 0. The molecular weight excluding hydrogens is 779 g/mol. The molecule has 1 atom stereocenters. The number of hydrogen-bond donors (Lipinski definition) is 1. The summed E-state index contributed by atoms with van der Waals surface area (Å²) in [5.74, 6) is 0.622. The number of ether oxygens (including phenoxy) is 6. The predicted octanol–water partition coefficient (Wildman–Crippen LogP) is 10.8. The van der Waals surface area contributed by atoms with Crippen molar-refractivity contribution in [3.8, 4) is 0 Å². The largest absolute Gasteiger partial charge is 0.483 e. The molecule has 12 heteroatoms. The Kier molecular flexibility index (Phi) is 44.0. The van der Waals surface area contributed by atoms with Gasteiger partial charge in [-0.2, -0.15) is 0 Å². The summed E-state index contributed by atoms with van der Waals surface area (Å²) in [6, 6.07) is 0. The molecule has 1 aliphatic heterocycles. The van der Waals surface area contributed by atoms with Crippen LogP contribution in [0.2, 0.25) is 0 Å². The van der Waals surface area contributed by atoms with Crippen LogP contribution in [-0.4, -0.2) is 113 Å². The van der Waals surface area contributed by atoms with Crippen LogP contribution >= 0.6 is 0 Å². The number of likely N-dealkylation sites (tertiary alicyclic amines) is 1. The van der Waals surface area contributed by atoms with Crippen molar-refractivity contribution >= 4 is 24.4 Å². The van der Waals surface area contributed by atoms with Crippen LogP contribution in [0.3, 0.4) is 0 Å². The highest BCUT2D eigenvalue weighted by atomic mass is 16.6. The molecule has 1 unspecified atom stereocenters. The minimum Gasteiger partial charge on any atom is -0.483 e. The maximum atomic E-state index is 12.3. The molecule has 1 rings (SSSR count). The van der Waals surface area contributed by atoms with Crippen molar-refractivity contribution < 1.29 is 52.7 Å². The van der Waals surface area contributed by atoms with E-state index in [1.54, 1.807) is 0 Å². The number of rotatable bonds is 43. The molecule has 0 saturated carbocycles. The van der Waals surface area contributed by atoms with Gasteiger partial charge in [-0.15, -0.1) is 0 Å². The zero-order valence-corrected chi connectivity index (χ0v) is 39.7. The predicted molar refractivity (Wildman–Crippen MR) is 244 cm³/mol. The molecule has 1 saturated heterocycles. The van der Waals surface area contributed by atoms with Gasteiger partial charge in [0, 0.05) is 6.61 Å². The topological polar surface area (TPSA) is 147 Å². The number of nitrogens with zero attached hydrogens (tertiary/aromatic N) is 1. The zero-order valence-electron chi connectivity index (χ0n) is 39.7. The van der Waals surface area contributed by atoms with Crippen molar-refractivity contribution in [3.63, 3.8) is 0 Å². The monoisotopic (exact) mass is 872 g/mol. The van der Waals surface area contributed by atoms with Crippen LogP contribution in [0, 0.1) is 17.8 Å². The number of esters is 3. The Bertz CT molecular complexity index is 974. The van der Waals surface area contributed by atoms with Gasteiger partial charge in [0.25, 0.3) is 6.47 Å². The van der Waals surface area contributed by atoms with Crippen molar-refractivity contribution in [1.82, 2.24) is 4.90 Å². The van der Waals surface area contributed by atoms with Crippen LogP contribution in [0.4, 0.5) is 0 Å². The SMILES string of the molecule is CCCCCC(CCCCC)CCOC(=O)COCCOCCCC(CCCOC(=O)COCC(=O)OCCC(CCCCC)CCCCC)CCCN1CCCC1.O=CO. The molecule has 61 heavy (non-hydrogen) atoms. The van der Waals surface area contributed by atoms with E-state index in [4.69, 9.17) is 38.3 Å². The summed E-state index contributed by atoms with van der Waals surface area (Å²) < 4.78 is 33.0. The van der Waals surface area contributed by atoms with Crippen molar-refractivity contribution in [3.05, 3.63) is 0 Å². The standard InChI is InChI=1S/C48H91NO9.CH2O2/c1-5-9-13-22-44(23-14-10-6-2)29-36-57-46(50)40-54-39-38-53-34-20-27-43(26-19-33-49-31-17-18-32-49)28-21-35-56-47(51)41-55-42-48(52)58-37-30-45(24-15-11-7-3)25-16-12-8-4;2-1-3/h43-45H,5-42H2,1-4H3;1H,(H,2,3). The molecule has 12 nitrogen and oxygen atoms in total. The van der Waals surface area contributed by atoms with Crippen molar-refractivity contribution in [2.75, 3.05) is 79.1 Å². The second kappa shape index (κ2) is 45.7. The van der Waals surface area contributed by atoms with Crippen LogP contribution in [0.1, 0.15) is 195 Å². The van der Waals surface area contributed by atoms with Crippen molar-refractivity contribution in [2.45, 2.75) is 195 Å². The fraction of sp³-hybridized carbons (Fsp3) is 0.918.